The zero-order valence-corrected chi connectivity index (χ0v) is 22.6. The van der Waals surface area contributed by atoms with Crippen LogP contribution in [0, 0.1) is 24.2 Å². The minimum atomic E-state index is -0.355. The number of hydrogen-bond acceptors (Lipinski definition) is 8. The second-order valence-corrected chi connectivity index (χ2v) is 10.7. The van der Waals surface area contributed by atoms with Crippen LogP contribution in [-0.4, -0.2) is 51.4 Å². The van der Waals surface area contributed by atoms with E-state index in [1.165, 1.54) is 11.8 Å². The smallest absolute Gasteiger partial charge is 0.310 e. The van der Waals surface area contributed by atoms with E-state index >= 15 is 0 Å². The van der Waals surface area contributed by atoms with E-state index in [0.29, 0.717) is 65.3 Å². The standard InChI is InChI=1S/C25H32N4O4S2/c1-6-10-28-21(27-11-8-9-17(14-27)24(32)33-7-2)18(16(5)19(13-26)22(28)30)12-20-23(31)29(15(3)4)25(34)35-20/h12,15,17H,6-11,14H2,1-5H3/b20-12+. The summed E-state index contributed by atoms with van der Waals surface area (Å²) >= 11 is 6.67. The number of aromatic nitrogens is 1. The molecule has 10 heteroatoms. The molecule has 8 nitrogen and oxygen atoms in total. The van der Waals surface area contributed by atoms with Gasteiger partial charge in [-0.2, -0.15) is 5.26 Å². The Labute approximate surface area is 215 Å². The van der Waals surface area contributed by atoms with Gasteiger partial charge in [-0.05, 0) is 58.6 Å². The SMILES string of the molecule is CCCn1c(N2CCCC(C(=O)OCC)C2)c(/C=C2/SC(=S)N(C(C)C)C2=O)c(C)c(C#N)c1=O. The van der Waals surface area contributed by atoms with Gasteiger partial charge >= 0.3 is 5.97 Å². The lowest BCUT2D eigenvalue weighted by Gasteiger charge is -2.36. The Morgan fingerprint density at radius 1 is 1.34 bits per heavy atom. The number of hydrogen-bond donors (Lipinski definition) is 0. The second-order valence-electron chi connectivity index (χ2n) is 8.99. The molecule has 2 aliphatic rings. The lowest BCUT2D eigenvalue weighted by molar-refractivity contribution is -0.148. The van der Waals surface area contributed by atoms with Gasteiger partial charge in [0.2, 0.25) is 0 Å². The first-order valence-electron chi connectivity index (χ1n) is 12.0. The molecule has 2 aliphatic heterocycles. The normalized spacial score (nSPS) is 19.6. The second kappa shape index (κ2) is 11.4. The van der Waals surface area contributed by atoms with Crippen molar-refractivity contribution in [2.75, 3.05) is 24.6 Å². The van der Waals surface area contributed by atoms with Crippen LogP contribution in [0.25, 0.3) is 6.08 Å². The van der Waals surface area contributed by atoms with Gasteiger partial charge in [0.1, 0.15) is 21.8 Å². The Hall–Kier alpha value is -2.64. The number of amides is 1. The summed E-state index contributed by atoms with van der Waals surface area (Å²) in [4.78, 5) is 43.1. The molecular formula is C25H32N4O4S2. The van der Waals surface area contributed by atoms with E-state index in [9.17, 15) is 19.6 Å². The van der Waals surface area contributed by atoms with Crippen LogP contribution in [0.3, 0.4) is 0 Å². The van der Waals surface area contributed by atoms with E-state index in [1.54, 1.807) is 29.4 Å². The van der Waals surface area contributed by atoms with Gasteiger partial charge < -0.3 is 9.64 Å². The molecule has 1 amide bonds. The molecule has 3 heterocycles. The van der Waals surface area contributed by atoms with Gasteiger partial charge in [0.15, 0.2) is 0 Å². The van der Waals surface area contributed by atoms with Crippen molar-refractivity contribution in [1.29, 1.82) is 5.26 Å². The highest BCUT2D eigenvalue weighted by molar-refractivity contribution is 8.26. The molecular weight excluding hydrogens is 484 g/mol. The van der Waals surface area contributed by atoms with Crippen molar-refractivity contribution in [2.24, 2.45) is 5.92 Å². The maximum Gasteiger partial charge on any atom is 0.310 e. The quantitative estimate of drug-likeness (QED) is 0.307. The van der Waals surface area contributed by atoms with Gasteiger partial charge in [0, 0.05) is 31.2 Å². The van der Waals surface area contributed by atoms with Crippen molar-refractivity contribution < 1.29 is 14.3 Å². The van der Waals surface area contributed by atoms with Crippen LogP contribution in [0.4, 0.5) is 5.82 Å². The van der Waals surface area contributed by atoms with Gasteiger partial charge in [-0.25, -0.2) is 0 Å². The maximum absolute atomic E-state index is 13.3. The highest BCUT2D eigenvalue weighted by atomic mass is 32.2. The molecule has 0 N–H and O–H groups in total. The van der Waals surface area contributed by atoms with E-state index in [1.807, 2.05) is 25.7 Å². The molecule has 0 saturated carbocycles. The molecule has 1 aromatic rings. The third-order valence-electron chi connectivity index (χ3n) is 6.25. The average Bonchev–Trinajstić information content (AvgIpc) is 3.10. The molecule has 2 saturated heterocycles. The number of ether oxygens (including phenoxy) is 1. The third-order valence-corrected chi connectivity index (χ3v) is 7.58. The first-order chi connectivity index (χ1) is 16.7. The van der Waals surface area contributed by atoms with Gasteiger partial charge in [-0.15, -0.1) is 0 Å². The number of esters is 1. The van der Waals surface area contributed by atoms with E-state index in [0.717, 1.165) is 6.42 Å². The molecule has 0 spiro atoms. The van der Waals surface area contributed by atoms with E-state index in [4.69, 9.17) is 17.0 Å². The number of thiocarbonyl (C=S) groups is 1. The summed E-state index contributed by atoms with van der Waals surface area (Å²) in [6, 6.07) is 1.99. The molecule has 35 heavy (non-hydrogen) atoms. The number of anilines is 1. The predicted octanol–water partition coefficient (Wildman–Crippen LogP) is 3.83. The largest absolute Gasteiger partial charge is 0.466 e. The number of nitrogens with zero attached hydrogens (tertiary/aromatic N) is 4. The highest BCUT2D eigenvalue weighted by Gasteiger charge is 2.35. The Kier molecular flexibility index (Phi) is 8.78. The van der Waals surface area contributed by atoms with Crippen LogP contribution in [0.15, 0.2) is 9.70 Å². The topological polar surface area (TPSA) is 95.6 Å². The predicted molar refractivity (Wildman–Crippen MR) is 142 cm³/mol. The molecule has 2 fully saturated rings. The van der Waals surface area contributed by atoms with E-state index < -0.39 is 0 Å². The van der Waals surface area contributed by atoms with E-state index in [-0.39, 0.29) is 35.0 Å². The molecule has 0 aliphatic carbocycles. The van der Waals surface area contributed by atoms with Crippen LogP contribution in [0.2, 0.25) is 0 Å². The summed E-state index contributed by atoms with van der Waals surface area (Å²) in [5, 5.41) is 9.80. The van der Waals surface area contributed by atoms with Gasteiger partial charge in [-0.3, -0.25) is 23.9 Å². The monoisotopic (exact) mass is 516 g/mol. The summed E-state index contributed by atoms with van der Waals surface area (Å²) in [6.45, 7) is 11.1. The maximum atomic E-state index is 13.3. The molecule has 188 valence electrons. The molecule has 3 rings (SSSR count). The van der Waals surface area contributed by atoms with Crippen LogP contribution in [0.5, 0.6) is 0 Å². The fraction of sp³-hybridized carbons (Fsp3) is 0.560. The highest BCUT2D eigenvalue weighted by Crippen LogP contribution is 2.37. The summed E-state index contributed by atoms with van der Waals surface area (Å²) in [6.07, 6.45) is 3.92. The molecule has 1 unspecified atom stereocenters. The lowest BCUT2D eigenvalue weighted by Crippen LogP contribution is -2.43. The number of carbonyl (C=O) groups is 2. The molecule has 1 atom stereocenters. The zero-order valence-electron chi connectivity index (χ0n) is 20.9. The number of piperidine rings is 1. The first-order valence-corrected chi connectivity index (χ1v) is 13.2. The minimum absolute atomic E-state index is 0.0618. The van der Waals surface area contributed by atoms with Crippen molar-refractivity contribution in [3.05, 3.63) is 31.9 Å². The lowest BCUT2D eigenvalue weighted by atomic mass is 9.96. The number of pyridine rings is 1. The average molecular weight is 517 g/mol. The van der Waals surface area contributed by atoms with Gasteiger partial charge in [0.25, 0.3) is 11.5 Å². The number of nitriles is 1. The Morgan fingerprint density at radius 2 is 2.06 bits per heavy atom. The summed E-state index contributed by atoms with van der Waals surface area (Å²) < 4.78 is 7.37. The van der Waals surface area contributed by atoms with Gasteiger partial charge in [-0.1, -0.05) is 30.9 Å². The molecule has 1 aromatic heterocycles. The Balaban J connectivity index is 2.22. The Morgan fingerprint density at radius 3 is 2.63 bits per heavy atom. The fourth-order valence-corrected chi connectivity index (χ4v) is 6.10. The zero-order chi connectivity index (χ0) is 25.9. The van der Waals surface area contributed by atoms with Crippen molar-refractivity contribution in [1.82, 2.24) is 9.47 Å². The van der Waals surface area contributed by atoms with Crippen molar-refractivity contribution >= 4 is 52.1 Å². The van der Waals surface area contributed by atoms with E-state index in [2.05, 4.69) is 6.07 Å². The molecule has 0 radical (unpaired) electrons. The van der Waals surface area contributed by atoms with Crippen LogP contribution in [0.1, 0.15) is 63.6 Å². The van der Waals surface area contributed by atoms with Crippen LogP contribution in [-0.2, 0) is 20.9 Å². The van der Waals surface area contributed by atoms with Crippen LogP contribution < -0.4 is 10.5 Å². The van der Waals surface area contributed by atoms with Crippen LogP contribution >= 0.6 is 24.0 Å². The van der Waals surface area contributed by atoms with Gasteiger partial charge in [0.05, 0.1) is 17.4 Å². The van der Waals surface area contributed by atoms with Crippen molar-refractivity contribution in [3.8, 4) is 6.07 Å². The van der Waals surface area contributed by atoms with Crippen molar-refractivity contribution in [2.45, 2.75) is 66.5 Å². The summed E-state index contributed by atoms with van der Waals surface area (Å²) in [5.74, 6) is -0.101. The molecule has 0 bridgehead atoms. The number of carbonyl (C=O) groups excluding carboxylic acids is 2. The third kappa shape index (κ3) is 5.31. The number of rotatable bonds is 7. The van der Waals surface area contributed by atoms with Crippen molar-refractivity contribution in [3.63, 3.8) is 0 Å². The summed E-state index contributed by atoms with van der Waals surface area (Å²) in [5.41, 5.74) is 0.870. The fourth-order valence-electron chi connectivity index (χ4n) is 4.59. The Bertz CT molecular complexity index is 1170. The minimum Gasteiger partial charge on any atom is -0.466 e. The summed E-state index contributed by atoms with van der Waals surface area (Å²) in [7, 11) is 0. The first kappa shape index (κ1) is 27.0. The molecule has 0 aromatic carbocycles. The number of thioether (sulfide) groups is 1.